The summed E-state index contributed by atoms with van der Waals surface area (Å²) >= 11 is 12.6. The van der Waals surface area contributed by atoms with Crippen LogP contribution in [0.3, 0.4) is 0 Å². The van der Waals surface area contributed by atoms with Gasteiger partial charge in [-0.2, -0.15) is 0 Å². The summed E-state index contributed by atoms with van der Waals surface area (Å²) in [4.78, 5) is 38.5. The number of phenolic OH excluding ortho intramolecular Hbond substituents is 2. The van der Waals surface area contributed by atoms with Crippen LogP contribution in [-0.4, -0.2) is 42.2 Å². The third-order valence-corrected chi connectivity index (χ3v) is 6.26. The number of esters is 2. The zero-order valence-electron chi connectivity index (χ0n) is 15.3. The van der Waals surface area contributed by atoms with E-state index < -0.39 is 23.3 Å². The van der Waals surface area contributed by atoms with E-state index in [0.717, 1.165) is 14.2 Å². The Kier molecular flexibility index (Phi) is 8.26. The molecule has 0 unspecified atom stereocenters. The van der Waals surface area contributed by atoms with Crippen LogP contribution in [0.2, 0.25) is 0 Å². The van der Waals surface area contributed by atoms with Crippen molar-refractivity contribution in [1.29, 1.82) is 0 Å². The van der Waals surface area contributed by atoms with Crippen LogP contribution in [0.5, 0.6) is 11.5 Å². The number of ketones is 1. The first-order valence-electron chi connectivity index (χ1n) is 7.85. The van der Waals surface area contributed by atoms with Gasteiger partial charge in [0.15, 0.2) is 0 Å². The number of rotatable bonds is 5. The summed E-state index contributed by atoms with van der Waals surface area (Å²) in [6.07, 6.45) is 0. The smallest absolute Gasteiger partial charge is 0.342 e. The van der Waals surface area contributed by atoms with Crippen LogP contribution >= 0.6 is 63.7 Å². The Bertz CT molecular complexity index is 1050. The number of carbonyl (C=O) groups is 3. The van der Waals surface area contributed by atoms with Crippen LogP contribution in [0.4, 0.5) is 0 Å². The van der Waals surface area contributed by atoms with Crippen molar-refractivity contribution < 1.29 is 34.1 Å². The van der Waals surface area contributed by atoms with Crippen LogP contribution in [0.1, 0.15) is 15.9 Å². The monoisotopic (exact) mass is 668 g/mol. The predicted octanol–water partition coefficient (Wildman–Crippen LogP) is 5.13. The second kappa shape index (κ2) is 10.1. The predicted molar refractivity (Wildman–Crippen MR) is 122 cm³/mol. The highest BCUT2D eigenvalue weighted by Gasteiger charge is 2.31. The van der Waals surface area contributed by atoms with Crippen molar-refractivity contribution in [3.63, 3.8) is 0 Å². The maximum absolute atomic E-state index is 13.3. The number of hydrogen-bond donors (Lipinski definition) is 2. The molecule has 158 valence electrons. The van der Waals surface area contributed by atoms with E-state index >= 15 is 0 Å². The molecule has 0 bridgehead atoms. The van der Waals surface area contributed by atoms with Crippen molar-refractivity contribution in [2.24, 2.45) is 0 Å². The molecule has 7 nitrogen and oxygen atoms in total. The minimum Gasteiger partial charge on any atom is -0.506 e. The molecule has 2 aromatic rings. The summed E-state index contributed by atoms with van der Waals surface area (Å²) in [5, 5.41) is 19.8. The lowest BCUT2D eigenvalue weighted by Gasteiger charge is -2.14. The van der Waals surface area contributed by atoms with Gasteiger partial charge in [-0.1, -0.05) is 0 Å². The lowest BCUT2D eigenvalue weighted by molar-refractivity contribution is -0.137. The molecule has 0 amide bonds. The summed E-state index contributed by atoms with van der Waals surface area (Å²) in [7, 11) is 2.16. The van der Waals surface area contributed by atoms with Gasteiger partial charge in [0.05, 0.1) is 37.7 Å². The lowest BCUT2D eigenvalue weighted by Crippen LogP contribution is -2.21. The minimum atomic E-state index is -1.07. The molecule has 0 spiro atoms. The molecule has 2 rings (SSSR count). The number of aromatic hydroxyl groups is 2. The Labute approximate surface area is 204 Å². The second-order valence-corrected chi connectivity index (χ2v) is 9.06. The first-order valence-corrected chi connectivity index (χ1v) is 11.0. The molecular weight excluding hydrogens is 660 g/mol. The quantitative estimate of drug-likeness (QED) is 0.149. The van der Waals surface area contributed by atoms with Gasteiger partial charge >= 0.3 is 11.9 Å². The highest BCUT2D eigenvalue weighted by atomic mass is 79.9. The Hall–Kier alpha value is -1.69. The van der Waals surface area contributed by atoms with Gasteiger partial charge < -0.3 is 19.7 Å². The van der Waals surface area contributed by atoms with E-state index in [1.807, 2.05) is 0 Å². The molecule has 11 heteroatoms. The largest absolute Gasteiger partial charge is 0.506 e. The van der Waals surface area contributed by atoms with Crippen LogP contribution in [0.15, 0.2) is 47.7 Å². The summed E-state index contributed by atoms with van der Waals surface area (Å²) < 4.78 is 10.4. The van der Waals surface area contributed by atoms with E-state index in [0.29, 0.717) is 0 Å². The number of ether oxygens (including phenoxy) is 2. The molecule has 0 aliphatic carbocycles. The topological polar surface area (TPSA) is 110 Å². The highest BCUT2D eigenvalue weighted by Crippen LogP contribution is 2.38. The van der Waals surface area contributed by atoms with Gasteiger partial charge in [0.2, 0.25) is 5.78 Å². The van der Waals surface area contributed by atoms with Gasteiger partial charge in [-0.25, -0.2) is 9.59 Å². The Morgan fingerprint density at radius 2 is 1.07 bits per heavy atom. The number of halogens is 4. The van der Waals surface area contributed by atoms with Crippen molar-refractivity contribution in [2.75, 3.05) is 14.2 Å². The summed E-state index contributed by atoms with van der Waals surface area (Å²) in [5.74, 6) is -3.16. The summed E-state index contributed by atoms with van der Waals surface area (Å²) in [5.41, 5.74) is -0.844. The van der Waals surface area contributed by atoms with E-state index in [1.54, 1.807) is 0 Å². The first-order chi connectivity index (χ1) is 14.0. The van der Waals surface area contributed by atoms with Gasteiger partial charge in [0, 0.05) is 5.56 Å². The van der Waals surface area contributed by atoms with Crippen LogP contribution in [-0.2, 0) is 19.1 Å². The van der Waals surface area contributed by atoms with E-state index in [4.69, 9.17) is 9.47 Å². The Morgan fingerprint density at radius 1 is 0.700 bits per heavy atom. The molecule has 0 aliphatic rings. The number of phenols is 2. The number of benzene rings is 2. The second-order valence-electron chi connectivity index (χ2n) is 5.64. The molecule has 0 heterocycles. The van der Waals surface area contributed by atoms with Crippen molar-refractivity contribution in [3.8, 4) is 11.5 Å². The molecule has 0 saturated carbocycles. The maximum Gasteiger partial charge on any atom is 0.342 e. The SMILES string of the molecule is COC(=O)/C(C(=O)c1cc(Br)c(O)c(Br)c1)=C(\C(=O)OC)c1cc(Br)c(O)c(Br)c1. The number of methoxy groups -OCH3 is 2. The Morgan fingerprint density at radius 3 is 1.43 bits per heavy atom. The van der Waals surface area contributed by atoms with Crippen LogP contribution < -0.4 is 0 Å². The fourth-order valence-electron chi connectivity index (χ4n) is 2.43. The Balaban J connectivity index is 2.89. The van der Waals surface area contributed by atoms with Crippen molar-refractivity contribution in [2.45, 2.75) is 0 Å². The van der Waals surface area contributed by atoms with E-state index in [-0.39, 0.29) is 46.1 Å². The average Bonchev–Trinajstić information content (AvgIpc) is 2.71. The van der Waals surface area contributed by atoms with Crippen LogP contribution in [0.25, 0.3) is 5.57 Å². The van der Waals surface area contributed by atoms with E-state index in [9.17, 15) is 24.6 Å². The van der Waals surface area contributed by atoms with Gasteiger partial charge in [-0.05, 0) is 93.5 Å². The molecule has 30 heavy (non-hydrogen) atoms. The first kappa shape index (κ1) is 24.6. The normalized spacial score (nSPS) is 11.5. The fraction of sp³-hybridized carbons (Fsp3) is 0.105. The number of carbonyl (C=O) groups excluding carboxylic acids is 3. The standard InChI is InChI=1S/C19H12Br4O7/c1-29-18(27)13(7-3-9(20)16(25)10(21)4-7)14(19(28)30-2)15(24)8-5-11(22)17(26)12(23)6-8/h3-6,25-26H,1-2H3/b14-13-. The van der Waals surface area contributed by atoms with Gasteiger partial charge in [0.25, 0.3) is 0 Å². The molecule has 0 radical (unpaired) electrons. The molecule has 0 fully saturated rings. The lowest BCUT2D eigenvalue weighted by atomic mass is 9.93. The van der Waals surface area contributed by atoms with Gasteiger partial charge in [-0.15, -0.1) is 0 Å². The van der Waals surface area contributed by atoms with Crippen molar-refractivity contribution >= 4 is 87.0 Å². The van der Waals surface area contributed by atoms with Crippen molar-refractivity contribution in [3.05, 3.63) is 58.9 Å². The summed E-state index contributed by atoms with van der Waals surface area (Å²) in [6.45, 7) is 0. The molecule has 2 aromatic carbocycles. The van der Waals surface area contributed by atoms with Crippen molar-refractivity contribution in [1.82, 2.24) is 0 Å². The minimum absolute atomic E-state index is 0.00902. The van der Waals surface area contributed by atoms with Gasteiger partial charge in [0.1, 0.15) is 17.1 Å². The molecule has 0 atom stereocenters. The maximum atomic E-state index is 13.3. The summed E-state index contributed by atoms with van der Waals surface area (Å²) in [6, 6.07) is 5.29. The number of Topliss-reactive ketones (excluding diaryl/α,β-unsaturated/α-hetero) is 1. The highest BCUT2D eigenvalue weighted by molar-refractivity contribution is 9.11. The number of hydrogen-bond acceptors (Lipinski definition) is 7. The zero-order valence-corrected chi connectivity index (χ0v) is 21.6. The average molecular weight is 672 g/mol. The fourth-order valence-corrected chi connectivity index (χ4v) is 4.80. The molecule has 0 aromatic heterocycles. The third kappa shape index (κ3) is 4.96. The van der Waals surface area contributed by atoms with Crippen LogP contribution in [0, 0.1) is 0 Å². The molecule has 2 N–H and O–H groups in total. The molecule has 0 aliphatic heterocycles. The van der Waals surface area contributed by atoms with E-state index in [2.05, 4.69) is 63.7 Å². The van der Waals surface area contributed by atoms with Gasteiger partial charge in [-0.3, -0.25) is 4.79 Å². The molecular formula is C19H12Br4O7. The third-order valence-electron chi connectivity index (χ3n) is 3.84. The zero-order chi connectivity index (χ0) is 22.7. The molecule has 0 saturated heterocycles. The van der Waals surface area contributed by atoms with E-state index in [1.165, 1.54) is 24.3 Å².